The van der Waals surface area contributed by atoms with Gasteiger partial charge in [-0.15, -0.1) is 0 Å². The predicted molar refractivity (Wildman–Crippen MR) is 106 cm³/mol. The van der Waals surface area contributed by atoms with Crippen molar-refractivity contribution in [1.29, 1.82) is 0 Å². The lowest BCUT2D eigenvalue weighted by atomic mass is 10.2. The number of halogens is 2. The standard InChI is InChI=1S/C20H19BrClNO3/c1-24-19-10-15(11-23-12-17-3-2-8-25-17)9-18(21)20(19)26-13-14-4-6-16(22)7-5-14/h2-10,23H,11-13H2,1H3. The molecule has 6 heteroatoms. The van der Waals surface area contributed by atoms with E-state index in [0.29, 0.717) is 36.2 Å². The van der Waals surface area contributed by atoms with Crippen LogP contribution < -0.4 is 14.8 Å². The number of methoxy groups -OCH3 is 1. The van der Waals surface area contributed by atoms with Crippen molar-refractivity contribution in [2.24, 2.45) is 0 Å². The molecule has 0 saturated carbocycles. The summed E-state index contributed by atoms with van der Waals surface area (Å²) >= 11 is 9.50. The van der Waals surface area contributed by atoms with Crippen LogP contribution in [0.15, 0.2) is 63.7 Å². The molecule has 1 heterocycles. The Morgan fingerprint density at radius 2 is 1.88 bits per heavy atom. The number of benzene rings is 2. The summed E-state index contributed by atoms with van der Waals surface area (Å²) in [6.45, 7) is 1.79. The largest absolute Gasteiger partial charge is 0.493 e. The minimum Gasteiger partial charge on any atom is -0.493 e. The molecule has 0 unspecified atom stereocenters. The Labute approximate surface area is 166 Å². The molecule has 4 nitrogen and oxygen atoms in total. The number of rotatable bonds is 8. The highest BCUT2D eigenvalue weighted by atomic mass is 79.9. The first-order chi connectivity index (χ1) is 12.7. The predicted octanol–water partition coefficient (Wildman–Crippen LogP) is 5.57. The Morgan fingerprint density at radius 3 is 2.58 bits per heavy atom. The lowest BCUT2D eigenvalue weighted by Crippen LogP contribution is -2.12. The fourth-order valence-electron chi connectivity index (χ4n) is 2.49. The molecule has 0 aliphatic carbocycles. The van der Waals surface area contributed by atoms with E-state index in [1.165, 1.54) is 0 Å². The van der Waals surface area contributed by atoms with Crippen LogP contribution in [0.3, 0.4) is 0 Å². The molecule has 0 aliphatic heterocycles. The number of hydrogen-bond acceptors (Lipinski definition) is 4. The van der Waals surface area contributed by atoms with E-state index in [9.17, 15) is 0 Å². The van der Waals surface area contributed by atoms with Crippen LogP contribution in [0, 0.1) is 0 Å². The summed E-state index contributed by atoms with van der Waals surface area (Å²) in [5.41, 5.74) is 2.12. The van der Waals surface area contributed by atoms with Crippen LogP contribution in [0.5, 0.6) is 11.5 Å². The van der Waals surface area contributed by atoms with E-state index in [1.54, 1.807) is 13.4 Å². The van der Waals surface area contributed by atoms with E-state index in [0.717, 1.165) is 21.4 Å². The first kappa shape index (κ1) is 18.8. The van der Waals surface area contributed by atoms with Crippen molar-refractivity contribution in [1.82, 2.24) is 5.32 Å². The molecule has 0 atom stereocenters. The van der Waals surface area contributed by atoms with Gasteiger partial charge in [-0.3, -0.25) is 0 Å². The molecule has 0 amide bonds. The van der Waals surface area contributed by atoms with Gasteiger partial charge >= 0.3 is 0 Å². The molecule has 3 rings (SSSR count). The van der Waals surface area contributed by atoms with Crippen molar-refractivity contribution in [3.05, 3.63) is 81.2 Å². The van der Waals surface area contributed by atoms with Crippen molar-refractivity contribution in [2.45, 2.75) is 19.7 Å². The van der Waals surface area contributed by atoms with Crippen LogP contribution in [-0.4, -0.2) is 7.11 Å². The van der Waals surface area contributed by atoms with Crippen LogP contribution in [-0.2, 0) is 19.7 Å². The van der Waals surface area contributed by atoms with Crippen LogP contribution in [0.4, 0.5) is 0 Å². The van der Waals surface area contributed by atoms with Gasteiger partial charge in [0.05, 0.1) is 24.4 Å². The van der Waals surface area contributed by atoms with Crippen LogP contribution in [0.1, 0.15) is 16.9 Å². The van der Waals surface area contributed by atoms with Crippen LogP contribution >= 0.6 is 27.5 Å². The number of furan rings is 1. The quantitative estimate of drug-likeness (QED) is 0.501. The summed E-state index contributed by atoms with van der Waals surface area (Å²) < 4.78 is 17.6. The van der Waals surface area contributed by atoms with Gasteiger partial charge in [-0.05, 0) is 63.5 Å². The summed E-state index contributed by atoms with van der Waals surface area (Å²) in [4.78, 5) is 0. The van der Waals surface area contributed by atoms with Crippen molar-refractivity contribution < 1.29 is 13.9 Å². The molecular formula is C20H19BrClNO3. The minimum atomic E-state index is 0.433. The van der Waals surface area contributed by atoms with Crippen molar-refractivity contribution in [3.63, 3.8) is 0 Å². The highest BCUT2D eigenvalue weighted by Crippen LogP contribution is 2.37. The topological polar surface area (TPSA) is 43.6 Å². The fraction of sp³-hybridized carbons (Fsp3) is 0.200. The lowest BCUT2D eigenvalue weighted by molar-refractivity contribution is 0.282. The second kappa shape index (κ2) is 9.12. The summed E-state index contributed by atoms with van der Waals surface area (Å²) in [6.07, 6.45) is 1.67. The first-order valence-electron chi connectivity index (χ1n) is 8.12. The van der Waals surface area contributed by atoms with Crippen LogP contribution in [0.2, 0.25) is 5.02 Å². The Hall–Kier alpha value is -1.95. The Kier molecular flexibility index (Phi) is 6.61. The normalized spacial score (nSPS) is 10.7. The van der Waals surface area contributed by atoms with E-state index in [-0.39, 0.29) is 0 Å². The second-order valence-electron chi connectivity index (χ2n) is 5.71. The second-order valence-corrected chi connectivity index (χ2v) is 7.00. The maximum atomic E-state index is 5.95. The van der Waals surface area contributed by atoms with Gasteiger partial charge in [0.1, 0.15) is 12.4 Å². The van der Waals surface area contributed by atoms with Gasteiger partial charge in [0.2, 0.25) is 0 Å². The third-order valence-electron chi connectivity index (χ3n) is 3.79. The average Bonchev–Trinajstić information content (AvgIpc) is 3.15. The molecule has 0 radical (unpaired) electrons. The van der Waals surface area contributed by atoms with Crippen molar-refractivity contribution in [3.8, 4) is 11.5 Å². The molecule has 0 bridgehead atoms. The summed E-state index contributed by atoms with van der Waals surface area (Å²) in [7, 11) is 1.64. The Bertz CT molecular complexity index is 835. The van der Waals surface area contributed by atoms with Gasteiger partial charge in [-0.25, -0.2) is 0 Å². The first-order valence-corrected chi connectivity index (χ1v) is 9.29. The van der Waals surface area contributed by atoms with E-state index in [2.05, 4.69) is 21.2 Å². The molecular weight excluding hydrogens is 418 g/mol. The summed E-state index contributed by atoms with van der Waals surface area (Å²) in [6, 6.07) is 15.4. The van der Waals surface area contributed by atoms with Gasteiger partial charge in [-0.1, -0.05) is 23.7 Å². The smallest absolute Gasteiger partial charge is 0.175 e. The van der Waals surface area contributed by atoms with Crippen LogP contribution in [0.25, 0.3) is 0 Å². The SMILES string of the molecule is COc1cc(CNCc2ccco2)cc(Br)c1OCc1ccc(Cl)cc1. The van der Waals surface area contributed by atoms with E-state index >= 15 is 0 Å². The maximum absolute atomic E-state index is 5.95. The van der Waals surface area contributed by atoms with Gasteiger partial charge in [-0.2, -0.15) is 0 Å². The molecule has 1 aromatic heterocycles. The zero-order chi connectivity index (χ0) is 18.4. The molecule has 26 heavy (non-hydrogen) atoms. The van der Waals surface area contributed by atoms with E-state index in [1.807, 2.05) is 48.5 Å². The molecule has 2 aromatic carbocycles. The molecule has 136 valence electrons. The minimum absolute atomic E-state index is 0.433. The fourth-order valence-corrected chi connectivity index (χ4v) is 3.22. The Balaban J connectivity index is 1.65. The van der Waals surface area contributed by atoms with Gasteiger partial charge in [0, 0.05) is 11.6 Å². The zero-order valence-electron chi connectivity index (χ0n) is 14.3. The van der Waals surface area contributed by atoms with Gasteiger partial charge in [0.15, 0.2) is 11.5 Å². The van der Waals surface area contributed by atoms with Crippen molar-refractivity contribution in [2.75, 3.05) is 7.11 Å². The van der Waals surface area contributed by atoms with E-state index < -0.39 is 0 Å². The summed E-state index contributed by atoms with van der Waals surface area (Å²) in [5, 5.41) is 4.05. The highest BCUT2D eigenvalue weighted by molar-refractivity contribution is 9.10. The summed E-state index contributed by atoms with van der Waals surface area (Å²) in [5.74, 6) is 2.26. The molecule has 0 aliphatic rings. The third kappa shape index (κ3) is 5.04. The molecule has 0 spiro atoms. The van der Waals surface area contributed by atoms with Crippen molar-refractivity contribution >= 4 is 27.5 Å². The molecule has 3 aromatic rings. The highest BCUT2D eigenvalue weighted by Gasteiger charge is 2.12. The Morgan fingerprint density at radius 1 is 1.08 bits per heavy atom. The van der Waals surface area contributed by atoms with Gasteiger partial charge in [0.25, 0.3) is 0 Å². The average molecular weight is 437 g/mol. The number of ether oxygens (including phenoxy) is 2. The lowest BCUT2D eigenvalue weighted by Gasteiger charge is -2.15. The monoisotopic (exact) mass is 435 g/mol. The zero-order valence-corrected chi connectivity index (χ0v) is 16.6. The third-order valence-corrected chi connectivity index (χ3v) is 4.64. The molecule has 0 fully saturated rings. The van der Waals surface area contributed by atoms with E-state index in [4.69, 9.17) is 25.5 Å². The maximum Gasteiger partial charge on any atom is 0.175 e. The number of nitrogens with one attached hydrogen (secondary N) is 1. The number of hydrogen-bond donors (Lipinski definition) is 1. The molecule has 1 N–H and O–H groups in total. The molecule has 0 saturated heterocycles. The van der Waals surface area contributed by atoms with Gasteiger partial charge < -0.3 is 19.2 Å².